The second kappa shape index (κ2) is 11.4. The van der Waals surface area contributed by atoms with E-state index in [0.29, 0.717) is 57.1 Å². The molecule has 1 aromatic heterocycles. The average Bonchev–Trinajstić information content (AvgIpc) is 3.37. The molecule has 0 bridgehead atoms. The van der Waals surface area contributed by atoms with Gasteiger partial charge in [-0.2, -0.15) is 0 Å². The van der Waals surface area contributed by atoms with Crippen molar-refractivity contribution < 1.29 is 14.0 Å². The maximum atomic E-state index is 12.5. The summed E-state index contributed by atoms with van der Waals surface area (Å²) in [5, 5.41) is 3.35. The van der Waals surface area contributed by atoms with E-state index < -0.39 is 0 Å². The Balaban J connectivity index is 1.59. The summed E-state index contributed by atoms with van der Waals surface area (Å²) in [5.41, 5.74) is 1.74. The van der Waals surface area contributed by atoms with Crippen molar-refractivity contribution >= 4 is 17.8 Å². The number of aliphatic imine (C=N–C) groups is 1. The van der Waals surface area contributed by atoms with E-state index in [1.54, 1.807) is 12.1 Å². The van der Waals surface area contributed by atoms with Crippen LogP contribution < -0.4 is 5.32 Å². The summed E-state index contributed by atoms with van der Waals surface area (Å²) in [4.78, 5) is 35.5. The van der Waals surface area contributed by atoms with E-state index in [2.05, 4.69) is 10.2 Å². The van der Waals surface area contributed by atoms with Crippen molar-refractivity contribution in [3.05, 3.63) is 59.5 Å². The molecule has 172 valence electrons. The van der Waals surface area contributed by atoms with Crippen LogP contribution in [0.15, 0.2) is 52.1 Å². The molecule has 1 fully saturated rings. The van der Waals surface area contributed by atoms with Crippen LogP contribution >= 0.6 is 0 Å². The molecule has 2 heterocycles. The van der Waals surface area contributed by atoms with Crippen LogP contribution in [-0.4, -0.2) is 78.3 Å². The normalized spacial score (nSPS) is 14.4. The molecule has 8 nitrogen and oxygen atoms in total. The van der Waals surface area contributed by atoms with Gasteiger partial charge in [-0.15, -0.1) is 0 Å². The molecule has 1 N–H and O–H groups in total. The predicted octanol–water partition coefficient (Wildman–Crippen LogP) is 2.69. The van der Waals surface area contributed by atoms with Gasteiger partial charge in [-0.25, -0.2) is 4.99 Å². The van der Waals surface area contributed by atoms with Crippen LogP contribution in [0.4, 0.5) is 0 Å². The molecular weight excluding hydrogens is 406 g/mol. The maximum absolute atomic E-state index is 12.5. The fraction of sp³-hybridized carbons (Fsp3) is 0.458. The molecule has 0 aliphatic carbocycles. The molecule has 32 heavy (non-hydrogen) atoms. The quantitative estimate of drug-likeness (QED) is 0.530. The van der Waals surface area contributed by atoms with Gasteiger partial charge in [-0.05, 0) is 50.6 Å². The number of carbonyl (C=O) groups excluding carboxylic acids is 2. The Morgan fingerprint density at radius 2 is 1.66 bits per heavy atom. The number of hydrogen-bond donors (Lipinski definition) is 1. The van der Waals surface area contributed by atoms with Crippen LogP contribution in [-0.2, 0) is 6.54 Å². The Morgan fingerprint density at radius 3 is 2.22 bits per heavy atom. The SMILES string of the molecule is CCNC(=NCc1ccc(C(=O)N(CC)CC)cc1)N1CCN(C(=O)c2ccco2)CC1. The first kappa shape index (κ1) is 23.4. The van der Waals surface area contributed by atoms with Gasteiger partial charge in [0.15, 0.2) is 11.7 Å². The zero-order chi connectivity index (χ0) is 22.9. The van der Waals surface area contributed by atoms with Crippen molar-refractivity contribution in [1.82, 2.24) is 20.0 Å². The Bertz CT molecular complexity index is 896. The van der Waals surface area contributed by atoms with Gasteiger partial charge in [-0.1, -0.05) is 12.1 Å². The molecular formula is C24H33N5O3. The summed E-state index contributed by atoms with van der Waals surface area (Å²) in [5.74, 6) is 1.19. The van der Waals surface area contributed by atoms with E-state index in [4.69, 9.17) is 9.41 Å². The first-order valence-corrected chi connectivity index (χ1v) is 11.3. The molecule has 1 aliphatic heterocycles. The molecule has 1 aliphatic rings. The smallest absolute Gasteiger partial charge is 0.289 e. The summed E-state index contributed by atoms with van der Waals surface area (Å²) in [6.45, 7) is 11.3. The van der Waals surface area contributed by atoms with Crippen molar-refractivity contribution in [2.75, 3.05) is 45.8 Å². The summed E-state index contributed by atoms with van der Waals surface area (Å²) >= 11 is 0. The maximum Gasteiger partial charge on any atom is 0.289 e. The van der Waals surface area contributed by atoms with Crippen LogP contribution in [0, 0.1) is 0 Å². The van der Waals surface area contributed by atoms with Gasteiger partial charge < -0.3 is 24.4 Å². The Hall–Kier alpha value is -3.29. The van der Waals surface area contributed by atoms with Crippen LogP contribution in [0.3, 0.4) is 0 Å². The van der Waals surface area contributed by atoms with Crippen molar-refractivity contribution in [3.8, 4) is 0 Å². The Kier molecular flexibility index (Phi) is 8.30. The number of piperazine rings is 1. The number of furan rings is 1. The zero-order valence-electron chi connectivity index (χ0n) is 19.2. The third kappa shape index (κ3) is 5.69. The van der Waals surface area contributed by atoms with Gasteiger partial charge in [0.1, 0.15) is 0 Å². The topological polar surface area (TPSA) is 81.4 Å². The number of amides is 2. The molecule has 3 rings (SSSR count). The zero-order valence-corrected chi connectivity index (χ0v) is 19.2. The lowest BCUT2D eigenvalue weighted by molar-refractivity contribution is 0.0657. The van der Waals surface area contributed by atoms with Crippen LogP contribution in [0.25, 0.3) is 0 Å². The Labute approximate surface area is 189 Å². The second-order valence-corrected chi connectivity index (χ2v) is 7.60. The van der Waals surface area contributed by atoms with Crippen molar-refractivity contribution in [1.29, 1.82) is 0 Å². The van der Waals surface area contributed by atoms with E-state index in [9.17, 15) is 9.59 Å². The molecule has 0 spiro atoms. The number of nitrogens with zero attached hydrogens (tertiary/aromatic N) is 4. The van der Waals surface area contributed by atoms with Crippen molar-refractivity contribution in [3.63, 3.8) is 0 Å². The highest BCUT2D eigenvalue weighted by Crippen LogP contribution is 2.12. The number of hydrogen-bond acceptors (Lipinski definition) is 4. The monoisotopic (exact) mass is 439 g/mol. The fourth-order valence-corrected chi connectivity index (χ4v) is 3.72. The van der Waals surface area contributed by atoms with Crippen LogP contribution in [0.2, 0.25) is 0 Å². The molecule has 0 unspecified atom stereocenters. The molecule has 2 aromatic rings. The highest BCUT2D eigenvalue weighted by Gasteiger charge is 2.25. The molecule has 1 saturated heterocycles. The minimum Gasteiger partial charge on any atom is -0.459 e. The minimum atomic E-state index is -0.0732. The number of nitrogens with one attached hydrogen (secondary N) is 1. The van der Waals surface area contributed by atoms with Gasteiger partial charge in [0.25, 0.3) is 11.8 Å². The number of carbonyl (C=O) groups is 2. The van der Waals surface area contributed by atoms with Crippen LogP contribution in [0.1, 0.15) is 47.2 Å². The van der Waals surface area contributed by atoms with Crippen molar-refractivity contribution in [2.24, 2.45) is 4.99 Å². The highest BCUT2D eigenvalue weighted by atomic mass is 16.3. The van der Waals surface area contributed by atoms with E-state index in [1.807, 2.05) is 54.8 Å². The summed E-state index contributed by atoms with van der Waals surface area (Å²) in [6.07, 6.45) is 1.52. The Morgan fingerprint density at radius 1 is 1.00 bits per heavy atom. The summed E-state index contributed by atoms with van der Waals surface area (Å²) < 4.78 is 5.23. The molecule has 2 amide bonds. The summed E-state index contributed by atoms with van der Waals surface area (Å²) in [7, 11) is 0. The predicted molar refractivity (Wildman–Crippen MR) is 125 cm³/mol. The minimum absolute atomic E-state index is 0.0559. The van der Waals surface area contributed by atoms with E-state index in [0.717, 1.165) is 18.1 Å². The van der Waals surface area contributed by atoms with Gasteiger partial charge >= 0.3 is 0 Å². The first-order valence-electron chi connectivity index (χ1n) is 11.3. The van der Waals surface area contributed by atoms with Gasteiger partial charge in [0.05, 0.1) is 12.8 Å². The average molecular weight is 440 g/mol. The number of guanidine groups is 1. The van der Waals surface area contributed by atoms with Crippen LogP contribution in [0.5, 0.6) is 0 Å². The second-order valence-electron chi connectivity index (χ2n) is 7.60. The number of benzene rings is 1. The molecule has 8 heteroatoms. The highest BCUT2D eigenvalue weighted by molar-refractivity contribution is 5.94. The molecule has 1 aromatic carbocycles. The van der Waals surface area contributed by atoms with E-state index in [-0.39, 0.29) is 11.8 Å². The fourth-order valence-electron chi connectivity index (χ4n) is 3.72. The number of rotatable bonds is 7. The first-order chi connectivity index (χ1) is 15.6. The third-order valence-corrected chi connectivity index (χ3v) is 5.60. The van der Waals surface area contributed by atoms with E-state index in [1.165, 1.54) is 6.26 Å². The third-order valence-electron chi connectivity index (χ3n) is 5.60. The largest absolute Gasteiger partial charge is 0.459 e. The van der Waals surface area contributed by atoms with Gasteiger partial charge in [-0.3, -0.25) is 9.59 Å². The molecule has 0 saturated carbocycles. The lowest BCUT2D eigenvalue weighted by atomic mass is 10.1. The lowest BCUT2D eigenvalue weighted by Crippen LogP contribution is -2.53. The van der Waals surface area contributed by atoms with Gasteiger partial charge in [0.2, 0.25) is 0 Å². The van der Waals surface area contributed by atoms with E-state index >= 15 is 0 Å². The lowest BCUT2D eigenvalue weighted by Gasteiger charge is -2.36. The molecule has 0 atom stereocenters. The van der Waals surface area contributed by atoms with Crippen molar-refractivity contribution in [2.45, 2.75) is 27.3 Å². The summed E-state index contributed by atoms with van der Waals surface area (Å²) in [6, 6.07) is 11.1. The standard InChI is InChI=1S/C24H33N5O3/c1-4-25-24(29-15-13-28(14-16-29)23(31)21-8-7-17-32-21)26-18-19-9-11-20(12-10-19)22(30)27(5-2)6-3/h7-12,17H,4-6,13-16,18H2,1-3H3,(H,25,26). The molecule has 0 radical (unpaired) electrons. The van der Waals surface area contributed by atoms with Gasteiger partial charge in [0, 0.05) is 51.4 Å².